The Labute approximate surface area is 103 Å². The second-order valence-corrected chi connectivity index (χ2v) is 3.82. The van der Waals surface area contributed by atoms with Crippen molar-refractivity contribution in [1.29, 1.82) is 0 Å². The normalized spacial score (nSPS) is 10.2. The fourth-order valence-corrected chi connectivity index (χ4v) is 1.55. The summed E-state index contributed by atoms with van der Waals surface area (Å²) in [5.41, 5.74) is 0.389. The Hall–Kier alpha value is -1.88. The number of nitrogens with zero attached hydrogens (tertiary/aromatic N) is 3. The van der Waals surface area contributed by atoms with Crippen LogP contribution in [-0.2, 0) is 6.54 Å². The van der Waals surface area contributed by atoms with E-state index in [1.165, 1.54) is 6.20 Å². The molecular weight excluding hydrogens is 240 g/mol. The van der Waals surface area contributed by atoms with Crippen LogP contribution in [-0.4, -0.2) is 27.0 Å². The summed E-state index contributed by atoms with van der Waals surface area (Å²) in [7, 11) is 0. The Balaban J connectivity index is 1.88. The zero-order valence-corrected chi connectivity index (χ0v) is 9.76. The molecule has 0 spiro atoms. The molecule has 0 aliphatic rings. The number of carbonyl (C=O) groups is 1. The molecule has 2 aromatic heterocycles. The molecule has 0 aromatic carbocycles. The molecule has 0 atom stereocenters. The first-order valence-corrected chi connectivity index (χ1v) is 5.48. The van der Waals surface area contributed by atoms with Gasteiger partial charge in [0.1, 0.15) is 0 Å². The molecule has 88 valence electrons. The lowest BCUT2D eigenvalue weighted by Gasteiger charge is -2.06. The van der Waals surface area contributed by atoms with Crippen LogP contribution in [0.3, 0.4) is 0 Å². The monoisotopic (exact) mass is 250 g/mol. The van der Waals surface area contributed by atoms with Crippen LogP contribution in [0.15, 0.2) is 37.2 Å². The average molecular weight is 251 g/mol. The van der Waals surface area contributed by atoms with Crippen LogP contribution in [0.2, 0.25) is 5.02 Å². The molecule has 5 nitrogen and oxygen atoms in total. The van der Waals surface area contributed by atoms with E-state index >= 15 is 0 Å². The van der Waals surface area contributed by atoms with Crippen LogP contribution >= 0.6 is 11.6 Å². The van der Waals surface area contributed by atoms with Crippen LogP contribution in [0.1, 0.15) is 10.4 Å². The highest BCUT2D eigenvalue weighted by molar-refractivity contribution is 6.33. The van der Waals surface area contributed by atoms with Gasteiger partial charge in [0.15, 0.2) is 0 Å². The lowest BCUT2D eigenvalue weighted by Crippen LogP contribution is -2.27. The summed E-state index contributed by atoms with van der Waals surface area (Å²) in [4.78, 5) is 19.5. The predicted molar refractivity (Wildman–Crippen MR) is 63.8 cm³/mol. The third-order valence-electron chi connectivity index (χ3n) is 2.23. The SMILES string of the molecule is O=C(NCCn1ccnc1)c1cnccc1Cl. The van der Waals surface area contributed by atoms with Gasteiger partial charge < -0.3 is 9.88 Å². The number of rotatable bonds is 4. The molecule has 0 unspecified atom stereocenters. The number of imidazole rings is 1. The van der Waals surface area contributed by atoms with Crippen molar-refractivity contribution in [3.8, 4) is 0 Å². The molecule has 1 amide bonds. The number of carbonyl (C=O) groups excluding carboxylic acids is 1. The van der Waals surface area contributed by atoms with Crippen LogP contribution in [0.5, 0.6) is 0 Å². The Morgan fingerprint density at radius 1 is 1.41 bits per heavy atom. The third kappa shape index (κ3) is 3.04. The van der Waals surface area contributed by atoms with Crippen molar-refractivity contribution in [1.82, 2.24) is 19.9 Å². The maximum Gasteiger partial charge on any atom is 0.254 e. The van der Waals surface area contributed by atoms with E-state index in [2.05, 4.69) is 15.3 Å². The van der Waals surface area contributed by atoms with E-state index in [4.69, 9.17) is 11.6 Å². The number of hydrogen-bond donors (Lipinski definition) is 1. The highest BCUT2D eigenvalue weighted by Gasteiger charge is 2.08. The summed E-state index contributed by atoms with van der Waals surface area (Å²) in [6, 6.07) is 1.59. The van der Waals surface area contributed by atoms with Gasteiger partial charge >= 0.3 is 0 Å². The zero-order valence-electron chi connectivity index (χ0n) is 9.01. The van der Waals surface area contributed by atoms with E-state index in [0.29, 0.717) is 23.7 Å². The molecule has 2 heterocycles. The van der Waals surface area contributed by atoms with E-state index in [1.54, 1.807) is 24.8 Å². The maximum atomic E-state index is 11.7. The van der Waals surface area contributed by atoms with Crippen LogP contribution < -0.4 is 5.32 Å². The third-order valence-corrected chi connectivity index (χ3v) is 2.56. The summed E-state index contributed by atoms with van der Waals surface area (Å²) in [6.07, 6.45) is 8.23. The summed E-state index contributed by atoms with van der Waals surface area (Å²) in [6.45, 7) is 1.18. The Morgan fingerprint density at radius 3 is 3.00 bits per heavy atom. The van der Waals surface area contributed by atoms with Gasteiger partial charge in [-0.05, 0) is 6.07 Å². The molecule has 2 rings (SSSR count). The van der Waals surface area contributed by atoms with Crippen molar-refractivity contribution >= 4 is 17.5 Å². The van der Waals surface area contributed by atoms with Crippen LogP contribution in [0.25, 0.3) is 0 Å². The largest absolute Gasteiger partial charge is 0.350 e. The van der Waals surface area contributed by atoms with Crippen molar-refractivity contribution in [2.45, 2.75) is 6.54 Å². The quantitative estimate of drug-likeness (QED) is 0.891. The molecule has 0 aliphatic heterocycles. The predicted octanol–water partition coefficient (Wildman–Crippen LogP) is 1.36. The molecule has 1 N–H and O–H groups in total. The van der Waals surface area contributed by atoms with E-state index in [-0.39, 0.29) is 5.91 Å². The molecule has 0 fully saturated rings. The van der Waals surface area contributed by atoms with Gasteiger partial charge in [-0.2, -0.15) is 0 Å². The highest BCUT2D eigenvalue weighted by atomic mass is 35.5. The second kappa shape index (κ2) is 5.45. The summed E-state index contributed by atoms with van der Waals surface area (Å²) < 4.78 is 1.88. The van der Waals surface area contributed by atoms with E-state index in [9.17, 15) is 4.79 Å². The Kier molecular flexibility index (Phi) is 3.72. The van der Waals surface area contributed by atoms with E-state index in [0.717, 1.165) is 0 Å². The van der Waals surface area contributed by atoms with Gasteiger partial charge in [0.05, 0.1) is 16.9 Å². The molecule has 6 heteroatoms. The average Bonchev–Trinajstić information content (AvgIpc) is 2.82. The first-order chi connectivity index (χ1) is 8.27. The number of halogens is 1. The number of amides is 1. The minimum Gasteiger partial charge on any atom is -0.350 e. The molecule has 17 heavy (non-hydrogen) atoms. The lowest BCUT2D eigenvalue weighted by molar-refractivity contribution is 0.0952. The summed E-state index contributed by atoms with van der Waals surface area (Å²) >= 11 is 5.88. The van der Waals surface area contributed by atoms with Crippen molar-refractivity contribution < 1.29 is 4.79 Å². The number of pyridine rings is 1. The van der Waals surface area contributed by atoms with Gasteiger partial charge in [0.25, 0.3) is 5.91 Å². The molecule has 0 saturated carbocycles. The van der Waals surface area contributed by atoms with Crippen molar-refractivity contribution in [3.63, 3.8) is 0 Å². The smallest absolute Gasteiger partial charge is 0.254 e. The fraction of sp³-hybridized carbons (Fsp3) is 0.182. The standard InChI is InChI=1S/C11H11ClN4O/c12-10-1-2-13-7-9(10)11(17)15-4-6-16-5-3-14-8-16/h1-3,5,7-8H,4,6H2,(H,15,17). The van der Waals surface area contributed by atoms with E-state index in [1.807, 2.05) is 10.8 Å². The minimum absolute atomic E-state index is 0.219. The number of nitrogens with one attached hydrogen (secondary N) is 1. The first-order valence-electron chi connectivity index (χ1n) is 5.11. The fourth-order valence-electron chi connectivity index (χ4n) is 1.36. The van der Waals surface area contributed by atoms with Gasteiger partial charge in [-0.15, -0.1) is 0 Å². The van der Waals surface area contributed by atoms with Gasteiger partial charge in [0, 0.05) is 37.9 Å². The number of aromatic nitrogens is 3. The van der Waals surface area contributed by atoms with Crippen molar-refractivity contribution in [3.05, 3.63) is 47.8 Å². The van der Waals surface area contributed by atoms with Crippen molar-refractivity contribution in [2.75, 3.05) is 6.54 Å². The molecule has 0 bridgehead atoms. The summed E-state index contributed by atoms with van der Waals surface area (Å²) in [5.74, 6) is -0.219. The molecule has 0 saturated heterocycles. The molecule has 2 aromatic rings. The lowest BCUT2D eigenvalue weighted by atomic mass is 10.2. The van der Waals surface area contributed by atoms with Gasteiger partial charge in [-0.1, -0.05) is 11.6 Å². The maximum absolute atomic E-state index is 11.7. The Morgan fingerprint density at radius 2 is 2.29 bits per heavy atom. The van der Waals surface area contributed by atoms with Gasteiger partial charge in [-0.25, -0.2) is 4.98 Å². The summed E-state index contributed by atoms with van der Waals surface area (Å²) in [5, 5.41) is 3.17. The first kappa shape index (κ1) is 11.6. The molecule has 0 aliphatic carbocycles. The van der Waals surface area contributed by atoms with Crippen molar-refractivity contribution in [2.24, 2.45) is 0 Å². The molecular formula is C11H11ClN4O. The highest BCUT2D eigenvalue weighted by Crippen LogP contribution is 2.12. The van der Waals surface area contributed by atoms with Crippen LogP contribution in [0.4, 0.5) is 0 Å². The van der Waals surface area contributed by atoms with Crippen LogP contribution in [0, 0.1) is 0 Å². The van der Waals surface area contributed by atoms with Gasteiger partial charge in [-0.3, -0.25) is 9.78 Å². The van der Waals surface area contributed by atoms with E-state index < -0.39 is 0 Å². The molecule has 0 radical (unpaired) electrons. The number of hydrogen-bond acceptors (Lipinski definition) is 3. The Bertz CT molecular complexity index is 498. The zero-order chi connectivity index (χ0) is 12.1. The topological polar surface area (TPSA) is 59.8 Å². The second-order valence-electron chi connectivity index (χ2n) is 3.41. The van der Waals surface area contributed by atoms with Gasteiger partial charge in [0.2, 0.25) is 0 Å². The minimum atomic E-state index is -0.219.